The average molecular weight is 341 g/mol. The van der Waals surface area contributed by atoms with Gasteiger partial charge in [0.05, 0.1) is 26.7 Å². The van der Waals surface area contributed by atoms with Crippen LogP contribution >= 0.6 is 0 Å². The summed E-state index contributed by atoms with van der Waals surface area (Å²) in [5.41, 5.74) is 2.09. The number of ether oxygens (including phenoxy) is 3. The lowest BCUT2D eigenvalue weighted by Crippen LogP contribution is -2.27. The van der Waals surface area contributed by atoms with Gasteiger partial charge in [0.1, 0.15) is 5.75 Å². The van der Waals surface area contributed by atoms with Crippen molar-refractivity contribution in [3.05, 3.63) is 53.6 Å². The van der Waals surface area contributed by atoms with E-state index < -0.39 is 0 Å². The minimum Gasteiger partial charge on any atom is -0.497 e. The van der Waals surface area contributed by atoms with Crippen molar-refractivity contribution in [1.29, 1.82) is 0 Å². The van der Waals surface area contributed by atoms with Crippen molar-refractivity contribution in [2.75, 3.05) is 26.9 Å². The van der Waals surface area contributed by atoms with Gasteiger partial charge in [-0.15, -0.1) is 0 Å². The molecule has 2 aromatic carbocycles. The molecule has 1 amide bonds. The minimum absolute atomic E-state index is 0.0134. The monoisotopic (exact) mass is 341 g/mol. The lowest BCUT2D eigenvalue weighted by molar-refractivity contribution is -0.120. The topological polar surface area (TPSA) is 56.8 Å². The number of hydrogen-bond acceptors (Lipinski definition) is 4. The van der Waals surface area contributed by atoms with Crippen LogP contribution in [0.2, 0.25) is 0 Å². The molecule has 2 aromatic rings. The van der Waals surface area contributed by atoms with Gasteiger partial charge in [-0.3, -0.25) is 4.79 Å². The molecule has 132 valence electrons. The van der Waals surface area contributed by atoms with Crippen molar-refractivity contribution < 1.29 is 19.0 Å². The molecule has 1 aliphatic rings. The van der Waals surface area contributed by atoms with Crippen LogP contribution in [-0.4, -0.2) is 32.8 Å². The number of carbonyl (C=O) groups excluding carboxylic acids is 1. The fourth-order valence-electron chi connectivity index (χ4n) is 2.70. The maximum atomic E-state index is 12.0. The molecular weight excluding hydrogens is 318 g/mol. The first-order valence-electron chi connectivity index (χ1n) is 8.53. The van der Waals surface area contributed by atoms with Crippen molar-refractivity contribution in [3.8, 4) is 17.2 Å². The lowest BCUT2D eigenvalue weighted by atomic mass is 10.1. The molecule has 0 saturated heterocycles. The van der Waals surface area contributed by atoms with E-state index >= 15 is 0 Å². The van der Waals surface area contributed by atoms with E-state index in [-0.39, 0.29) is 5.91 Å². The zero-order valence-corrected chi connectivity index (χ0v) is 14.4. The Morgan fingerprint density at radius 1 is 1.04 bits per heavy atom. The Balaban J connectivity index is 1.47. The Hall–Kier alpha value is -2.69. The van der Waals surface area contributed by atoms with Crippen LogP contribution in [0, 0.1) is 0 Å². The molecule has 0 aliphatic carbocycles. The van der Waals surface area contributed by atoms with Crippen LogP contribution in [0.1, 0.15) is 17.5 Å². The van der Waals surface area contributed by atoms with E-state index in [1.54, 1.807) is 7.11 Å². The van der Waals surface area contributed by atoms with Crippen LogP contribution in [0.25, 0.3) is 0 Å². The summed E-state index contributed by atoms with van der Waals surface area (Å²) in [5.74, 6) is 2.39. The Bertz CT molecular complexity index is 712. The van der Waals surface area contributed by atoms with Crippen molar-refractivity contribution in [2.45, 2.75) is 19.3 Å². The summed E-state index contributed by atoms with van der Waals surface area (Å²) in [5, 5.41) is 2.96. The molecule has 0 radical (unpaired) electrons. The second-order valence-corrected chi connectivity index (χ2v) is 5.96. The number of benzene rings is 2. The highest BCUT2D eigenvalue weighted by Crippen LogP contribution is 2.30. The largest absolute Gasteiger partial charge is 0.497 e. The molecule has 0 atom stereocenters. The second kappa shape index (κ2) is 8.42. The molecule has 0 spiro atoms. The molecule has 0 bridgehead atoms. The van der Waals surface area contributed by atoms with E-state index in [0.29, 0.717) is 26.2 Å². The summed E-state index contributed by atoms with van der Waals surface area (Å²) in [6.07, 6.45) is 2.02. The number of carbonyl (C=O) groups is 1. The van der Waals surface area contributed by atoms with E-state index in [0.717, 1.165) is 41.2 Å². The Labute approximate surface area is 147 Å². The molecule has 0 unspecified atom stereocenters. The zero-order chi connectivity index (χ0) is 17.5. The SMILES string of the molecule is COc1ccc(CC(=O)NCCc2ccc3c(c2)OCCCO3)cc1. The number of amides is 1. The normalized spacial score (nSPS) is 13.0. The summed E-state index contributed by atoms with van der Waals surface area (Å²) in [6, 6.07) is 13.5. The van der Waals surface area contributed by atoms with Crippen LogP contribution in [0.15, 0.2) is 42.5 Å². The van der Waals surface area contributed by atoms with Crippen molar-refractivity contribution in [1.82, 2.24) is 5.32 Å². The van der Waals surface area contributed by atoms with Gasteiger partial charge in [-0.25, -0.2) is 0 Å². The van der Waals surface area contributed by atoms with Crippen LogP contribution in [0.4, 0.5) is 0 Å². The molecule has 5 nitrogen and oxygen atoms in total. The Kier molecular flexibility index (Phi) is 5.77. The molecule has 0 saturated carbocycles. The van der Waals surface area contributed by atoms with Gasteiger partial charge >= 0.3 is 0 Å². The summed E-state index contributed by atoms with van der Waals surface area (Å²) in [6.45, 7) is 1.96. The molecule has 1 aliphatic heterocycles. The highest BCUT2D eigenvalue weighted by Gasteiger charge is 2.11. The number of nitrogens with one attached hydrogen (secondary N) is 1. The maximum Gasteiger partial charge on any atom is 0.224 e. The number of methoxy groups -OCH3 is 1. The van der Waals surface area contributed by atoms with Gasteiger partial charge in [0.15, 0.2) is 11.5 Å². The van der Waals surface area contributed by atoms with Gasteiger partial charge in [0, 0.05) is 13.0 Å². The fraction of sp³-hybridized carbons (Fsp3) is 0.350. The van der Waals surface area contributed by atoms with Crippen molar-refractivity contribution in [3.63, 3.8) is 0 Å². The third-order valence-electron chi connectivity index (χ3n) is 4.07. The summed E-state index contributed by atoms with van der Waals surface area (Å²) < 4.78 is 16.4. The molecule has 0 aromatic heterocycles. The van der Waals surface area contributed by atoms with Gasteiger partial charge in [0.2, 0.25) is 5.91 Å². The van der Waals surface area contributed by atoms with E-state index in [1.165, 1.54) is 0 Å². The number of fused-ring (bicyclic) bond motifs is 1. The molecule has 3 rings (SSSR count). The first kappa shape index (κ1) is 17.1. The molecular formula is C20H23NO4. The number of rotatable bonds is 6. The highest BCUT2D eigenvalue weighted by atomic mass is 16.5. The lowest BCUT2D eigenvalue weighted by Gasteiger charge is -2.10. The molecule has 1 N–H and O–H groups in total. The zero-order valence-electron chi connectivity index (χ0n) is 14.4. The quantitative estimate of drug-likeness (QED) is 0.878. The maximum absolute atomic E-state index is 12.0. The van der Waals surface area contributed by atoms with Gasteiger partial charge in [-0.05, 0) is 41.8 Å². The van der Waals surface area contributed by atoms with Gasteiger partial charge < -0.3 is 19.5 Å². The fourth-order valence-corrected chi connectivity index (χ4v) is 2.70. The summed E-state index contributed by atoms with van der Waals surface area (Å²) in [7, 11) is 1.63. The van der Waals surface area contributed by atoms with Crippen molar-refractivity contribution >= 4 is 5.91 Å². The van der Waals surface area contributed by atoms with E-state index in [2.05, 4.69) is 5.32 Å². The summed E-state index contributed by atoms with van der Waals surface area (Å²) in [4.78, 5) is 12.0. The molecule has 25 heavy (non-hydrogen) atoms. The first-order chi connectivity index (χ1) is 12.2. The standard InChI is InChI=1S/C20H23NO4/c1-23-17-6-3-15(4-7-17)14-20(22)21-10-9-16-5-8-18-19(13-16)25-12-2-11-24-18/h3-8,13H,2,9-12,14H2,1H3,(H,21,22). The third kappa shape index (κ3) is 4.89. The van der Waals surface area contributed by atoms with Gasteiger partial charge in [-0.2, -0.15) is 0 Å². The van der Waals surface area contributed by atoms with Crippen LogP contribution in [0.5, 0.6) is 17.2 Å². The van der Waals surface area contributed by atoms with Crippen molar-refractivity contribution in [2.24, 2.45) is 0 Å². The predicted molar refractivity (Wildman–Crippen MR) is 95.5 cm³/mol. The highest BCUT2D eigenvalue weighted by molar-refractivity contribution is 5.78. The van der Waals surface area contributed by atoms with E-state index in [9.17, 15) is 4.79 Å². The smallest absolute Gasteiger partial charge is 0.224 e. The Morgan fingerprint density at radius 3 is 2.52 bits per heavy atom. The first-order valence-corrected chi connectivity index (χ1v) is 8.53. The van der Waals surface area contributed by atoms with E-state index in [4.69, 9.17) is 14.2 Å². The molecule has 1 heterocycles. The predicted octanol–water partition coefficient (Wildman–Crippen LogP) is 2.76. The van der Waals surface area contributed by atoms with Gasteiger partial charge in [-0.1, -0.05) is 18.2 Å². The second-order valence-electron chi connectivity index (χ2n) is 5.96. The molecule has 5 heteroatoms. The van der Waals surface area contributed by atoms with E-state index in [1.807, 2.05) is 42.5 Å². The third-order valence-corrected chi connectivity index (χ3v) is 4.07. The minimum atomic E-state index is 0.0134. The van der Waals surface area contributed by atoms with Crippen LogP contribution < -0.4 is 19.5 Å². The van der Waals surface area contributed by atoms with Gasteiger partial charge in [0.25, 0.3) is 0 Å². The average Bonchev–Trinajstić information content (AvgIpc) is 2.87. The Morgan fingerprint density at radius 2 is 1.76 bits per heavy atom. The molecule has 0 fully saturated rings. The van der Waals surface area contributed by atoms with Crippen LogP contribution in [-0.2, 0) is 17.6 Å². The van der Waals surface area contributed by atoms with Crippen LogP contribution in [0.3, 0.4) is 0 Å². The number of hydrogen-bond donors (Lipinski definition) is 1. The summed E-state index contributed by atoms with van der Waals surface area (Å²) >= 11 is 0.